The number of nitrogens with zero attached hydrogens (tertiary/aromatic N) is 1. The third-order valence-electron chi connectivity index (χ3n) is 2.68. The number of ether oxygens (including phenoxy) is 1. The van der Waals surface area contributed by atoms with E-state index in [1.54, 1.807) is 7.11 Å². The van der Waals surface area contributed by atoms with Crippen LogP contribution < -0.4 is 5.32 Å². The summed E-state index contributed by atoms with van der Waals surface area (Å²) in [5, 5.41) is 3.50. The molecule has 1 fully saturated rings. The molecule has 1 heterocycles. The molecule has 1 N–H and O–H groups in total. The van der Waals surface area contributed by atoms with Crippen LogP contribution in [-0.4, -0.2) is 61.8 Å². The van der Waals surface area contributed by atoms with Gasteiger partial charge in [-0.25, -0.2) is 0 Å². The fourth-order valence-corrected chi connectivity index (χ4v) is 2.73. The van der Waals surface area contributed by atoms with Crippen LogP contribution >= 0.6 is 11.8 Å². The quantitative estimate of drug-likeness (QED) is 0.740. The van der Waals surface area contributed by atoms with Crippen molar-refractivity contribution >= 4 is 11.8 Å². The van der Waals surface area contributed by atoms with E-state index in [-0.39, 0.29) is 0 Å². The van der Waals surface area contributed by atoms with E-state index in [2.05, 4.69) is 35.8 Å². The third kappa shape index (κ3) is 5.20. The Kier molecular flexibility index (Phi) is 6.64. The maximum Gasteiger partial charge on any atom is 0.0630 e. The van der Waals surface area contributed by atoms with Gasteiger partial charge in [0.2, 0.25) is 0 Å². The van der Waals surface area contributed by atoms with Crippen molar-refractivity contribution in [3.63, 3.8) is 0 Å². The zero-order chi connectivity index (χ0) is 11.1. The summed E-state index contributed by atoms with van der Waals surface area (Å²) < 4.78 is 5.30. The molecule has 0 amide bonds. The second-order valence-electron chi connectivity index (χ2n) is 4.32. The molecule has 0 aromatic rings. The second-order valence-corrected chi connectivity index (χ2v) is 5.55. The lowest BCUT2D eigenvalue weighted by Crippen LogP contribution is -2.49. The van der Waals surface area contributed by atoms with Crippen molar-refractivity contribution < 1.29 is 4.74 Å². The van der Waals surface area contributed by atoms with E-state index in [4.69, 9.17) is 4.74 Å². The Morgan fingerprint density at radius 3 is 2.53 bits per heavy atom. The first-order valence-corrected chi connectivity index (χ1v) is 6.93. The van der Waals surface area contributed by atoms with Gasteiger partial charge in [0.1, 0.15) is 0 Å². The van der Waals surface area contributed by atoms with E-state index in [9.17, 15) is 0 Å². The molecule has 0 bridgehead atoms. The SMILES string of the molecule is COCC(CNC(C)C)N1CCSCC1. The lowest BCUT2D eigenvalue weighted by atomic mass is 10.2. The van der Waals surface area contributed by atoms with E-state index >= 15 is 0 Å². The molecule has 1 aliphatic heterocycles. The lowest BCUT2D eigenvalue weighted by molar-refractivity contribution is 0.0944. The van der Waals surface area contributed by atoms with E-state index in [1.165, 1.54) is 24.6 Å². The molecule has 1 rings (SSSR count). The van der Waals surface area contributed by atoms with Crippen LogP contribution in [0.1, 0.15) is 13.8 Å². The van der Waals surface area contributed by atoms with Crippen LogP contribution in [0, 0.1) is 0 Å². The van der Waals surface area contributed by atoms with Gasteiger partial charge in [0.25, 0.3) is 0 Å². The minimum absolute atomic E-state index is 0.540. The predicted octanol–water partition coefficient (Wildman–Crippen LogP) is 1.05. The number of thioether (sulfide) groups is 1. The number of rotatable bonds is 6. The molecule has 0 radical (unpaired) electrons. The number of nitrogens with one attached hydrogen (secondary N) is 1. The van der Waals surface area contributed by atoms with Crippen LogP contribution in [0.15, 0.2) is 0 Å². The summed E-state index contributed by atoms with van der Waals surface area (Å²) in [6, 6.07) is 1.10. The molecule has 0 saturated carbocycles. The Morgan fingerprint density at radius 2 is 2.00 bits per heavy atom. The van der Waals surface area contributed by atoms with Crippen molar-refractivity contribution in [2.75, 3.05) is 44.9 Å². The topological polar surface area (TPSA) is 24.5 Å². The number of hydrogen-bond donors (Lipinski definition) is 1. The molecule has 0 aliphatic carbocycles. The molecule has 0 aromatic heterocycles. The molecule has 15 heavy (non-hydrogen) atoms. The van der Waals surface area contributed by atoms with Crippen LogP contribution in [0.3, 0.4) is 0 Å². The molecular weight excluding hydrogens is 208 g/mol. The first-order valence-electron chi connectivity index (χ1n) is 5.78. The molecule has 3 nitrogen and oxygen atoms in total. The zero-order valence-electron chi connectivity index (χ0n) is 10.2. The van der Waals surface area contributed by atoms with Crippen molar-refractivity contribution in [2.24, 2.45) is 0 Å². The van der Waals surface area contributed by atoms with Crippen molar-refractivity contribution in [2.45, 2.75) is 25.9 Å². The monoisotopic (exact) mass is 232 g/mol. The van der Waals surface area contributed by atoms with Gasteiger partial charge in [-0.05, 0) is 0 Å². The van der Waals surface area contributed by atoms with E-state index in [0.29, 0.717) is 12.1 Å². The van der Waals surface area contributed by atoms with Gasteiger partial charge in [-0.2, -0.15) is 11.8 Å². The average Bonchev–Trinajstić information content (AvgIpc) is 2.25. The number of methoxy groups -OCH3 is 1. The normalized spacial score (nSPS) is 20.8. The Labute approximate surface area is 97.9 Å². The van der Waals surface area contributed by atoms with Crippen LogP contribution in [0.2, 0.25) is 0 Å². The standard InChI is InChI=1S/C11H24N2OS/c1-10(2)12-8-11(9-14-3)13-4-6-15-7-5-13/h10-12H,4-9H2,1-3H3. The maximum atomic E-state index is 5.30. The molecule has 1 aliphatic rings. The molecule has 0 aromatic carbocycles. The van der Waals surface area contributed by atoms with E-state index in [0.717, 1.165) is 13.2 Å². The Balaban J connectivity index is 2.33. The van der Waals surface area contributed by atoms with Crippen LogP contribution in [-0.2, 0) is 4.74 Å². The van der Waals surface area contributed by atoms with Crippen molar-refractivity contribution in [1.82, 2.24) is 10.2 Å². The summed E-state index contributed by atoms with van der Waals surface area (Å²) >= 11 is 2.06. The van der Waals surface area contributed by atoms with Crippen LogP contribution in [0.4, 0.5) is 0 Å². The van der Waals surface area contributed by atoms with Gasteiger partial charge in [0.15, 0.2) is 0 Å². The van der Waals surface area contributed by atoms with Crippen LogP contribution in [0.25, 0.3) is 0 Å². The summed E-state index contributed by atoms with van der Waals surface area (Å²) in [5.41, 5.74) is 0. The minimum atomic E-state index is 0.540. The molecular formula is C11H24N2OS. The number of hydrogen-bond acceptors (Lipinski definition) is 4. The highest BCUT2D eigenvalue weighted by Gasteiger charge is 2.20. The summed E-state index contributed by atoms with van der Waals surface area (Å²) in [6.07, 6.45) is 0. The summed E-state index contributed by atoms with van der Waals surface area (Å²) in [5.74, 6) is 2.53. The average molecular weight is 232 g/mol. The van der Waals surface area contributed by atoms with Gasteiger partial charge in [0.05, 0.1) is 6.61 Å². The van der Waals surface area contributed by atoms with Crippen molar-refractivity contribution in [1.29, 1.82) is 0 Å². The Morgan fingerprint density at radius 1 is 1.33 bits per heavy atom. The first kappa shape index (κ1) is 13.3. The van der Waals surface area contributed by atoms with Gasteiger partial charge in [-0.1, -0.05) is 13.8 Å². The van der Waals surface area contributed by atoms with Crippen molar-refractivity contribution in [3.05, 3.63) is 0 Å². The summed E-state index contributed by atoms with van der Waals surface area (Å²) in [4.78, 5) is 2.55. The largest absolute Gasteiger partial charge is 0.383 e. The summed E-state index contributed by atoms with van der Waals surface area (Å²) in [7, 11) is 1.79. The molecule has 1 unspecified atom stereocenters. The Bertz CT molecular complexity index is 161. The van der Waals surface area contributed by atoms with Gasteiger partial charge in [-0.15, -0.1) is 0 Å². The van der Waals surface area contributed by atoms with Gasteiger partial charge >= 0.3 is 0 Å². The fourth-order valence-electron chi connectivity index (χ4n) is 1.80. The smallest absolute Gasteiger partial charge is 0.0630 e. The minimum Gasteiger partial charge on any atom is -0.383 e. The van der Waals surface area contributed by atoms with E-state index in [1.807, 2.05) is 0 Å². The van der Waals surface area contributed by atoms with Gasteiger partial charge in [-0.3, -0.25) is 4.90 Å². The highest BCUT2D eigenvalue weighted by Crippen LogP contribution is 2.12. The van der Waals surface area contributed by atoms with E-state index < -0.39 is 0 Å². The first-order chi connectivity index (χ1) is 7.24. The molecule has 90 valence electrons. The van der Waals surface area contributed by atoms with Gasteiger partial charge in [0, 0.05) is 50.3 Å². The van der Waals surface area contributed by atoms with Gasteiger partial charge < -0.3 is 10.1 Å². The Hall–Kier alpha value is 0.230. The molecule has 1 saturated heterocycles. The van der Waals surface area contributed by atoms with Crippen LogP contribution in [0.5, 0.6) is 0 Å². The lowest BCUT2D eigenvalue weighted by Gasteiger charge is -2.34. The predicted molar refractivity (Wildman–Crippen MR) is 67.7 cm³/mol. The highest BCUT2D eigenvalue weighted by atomic mass is 32.2. The van der Waals surface area contributed by atoms with Crippen molar-refractivity contribution in [3.8, 4) is 0 Å². The third-order valence-corrected chi connectivity index (χ3v) is 3.63. The highest BCUT2D eigenvalue weighted by molar-refractivity contribution is 7.99. The molecule has 1 atom stereocenters. The summed E-state index contributed by atoms with van der Waals surface area (Å²) in [6.45, 7) is 8.67. The fraction of sp³-hybridized carbons (Fsp3) is 1.00. The maximum absolute atomic E-state index is 5.30. The zero-order valence-corrected chi connectivity index (χ0v) is 11.0. The second kappa shape index (κ2) is 7.49. The molecule has 0 spiro atoms. The molecule has 4 heteroatoms.